The van der Waals surface area contributed by atoms with Gasteiger partial charge in [0.15, 0.2) is 0 Å². The van der Waals surface area contributed by atoms with Gasteiger partial charge in [-0.3, -0.25) is 9.36 Å². The van der Waals surface area contributed by atoms with Crippen molar-refractivity contribution < 1.29 is 4.43 Å². The lowest BCUT2D eigenvalue weighted by atomic mass is 10.1. The molecule has 0 N–H and O–H groups in total. The van der Waals surface area contributed by atoms with E-state index in [9.17, 15) is 0 Å². The van der Waals surface area contributed by atoms with Crippen LogP contribution in [-0.4, -0.2) is 39.5 Å². The van der Waals surface area contributed by atoms with E-state index in [0.29, 0.717) is 11.6 Å². The monoisotopic (exact) mass is 605 g/mol. The van der Waals surface area contributed by atoms with Crippen molar-refractivity contribution >= 4 is 41.2 Å². The Morgan fingerprint density at radius 3 is 2.05 bits per heavy atom. The lowest BCUT2D eigenvalue weighted by Gasteiger charge is -2.43. The number of fused-ring (bicyclic) bond motifs is 1. The van der Waals surface area contributed by atoms with E-state index in [2.05, 4.69) is 106 Å². The largest absolute Gasteiger partial charge is 0.405 e. The van der Waals surface area contributed by atoms with E-state index in [4.69, 9.17) is 26.1 Å². The van der Waals surface area contributed by atoms with Crippen molar-refractivity contribution in [3.63, 3.8) is 0 Å². The Hall–Kier alpha value is -4.04. The Kier molecular flexibility index (Phi) is 7.81. The number of aromatic nitrogens is 5. The van der Waals surface area contributed by atoms with Crippen molar-refractivity contribution in [2.75, 3.05) is 6.61 Å². The number of rotatable bonds is 8. The minimum Gasteiger partial charge on any atom is -0.405 e. The van der Waals surface area contributed by atoms with Crippen LogP contribution in [-0.2, 0) is 11.5 Å². The van der Waals surface area contributed by atoms with Gasteiger partial charge < -0.3 is 4.43 Å². The third-order valence-corrected chi connectivity index (χ3v) is 13.3. The molecule has 3 aromatic heterocycles. The zero-order chi connectivity index (χ0) is 30.2. The molecule has 6 nitrogen and oxygen atoms in total. The van der Waals surface area contributed by atoms with Crippen LogP contribution in [0.5, 0.6) is 0 Å². The van der Waals surface area contributed by atoms with E-state index >= 15 is 0 Å². The molecule has 1 atom stereocenters. The van der Waals surface area contributed by atoms with Gasteiger partial charge in [0.25, 0.3) is 8.32 Å². The summed E-state index contributed by atoms with van der Waals surface area (Å²) in [6, 6.07) is 31.3. The molecule has 218 valence electrons. The zero-order valence-corrected chi connectivity index (χ0v) is 27.0. The van der Waals surface area contributed by atoms with Crippen molar-refractivity contribution in [2.45, 2.75) is 38.8 Å². The van der Waals surface area contributed by atoms with Gasteiger partial charge >= 0.3 is 0 Å². The maximum Gasteiger partial charge on any atom is 0.261 e. The minimum atomic E-state index is -2.68. The third-order valence-electron chi connectivity index (χ3n) is 8.04. The maximum absolute atomic E-state index is 7.24. The van der Waals surface area contributed by atoms with Crippen molar-refractivity contribution in [2.24, 2.45) is 7.05 Å². The molecule has 0 aliphatic heterocycles. The smallest absolute Gasteiger partial charge is 0.261 e. The van der Waals surface area contributed by atoms with Crippen LogP contribution in [0.4, 0.5) is 0 Å². The van der Waals surface area contributed by atoms with E-state index in [0.717, 1.165) is 33.4 Å². The van der Waals surface area contributed by atoms with Crippen molar-refractivity contribution in [3.8, 4) is 22.5 Å². The summed E-state index contributed by atoms with van der Waals surface area (Å²) in [4.78, 5) is 5.06. The van der Waals surface area contributed by atoms with E-state index < -0.39 is 8.32 Å². The lowest BCUT2D eigenvalue weighted by molar-refractivity contribution is 0.238. The number of hydrogen-bond acceptors (Lipinski definition) is 4. The Labute approximate surface area is 259 Å². The third kappa shape index (κ3) is 5.56. The van der Waals surface area contributed by atoms with Crippen LogP contribution >= 0.6 is 11.6 Å². The standard InChI is InChI=1S/C35H36ClN5OSi/c1-25(24-42-43(35(2,3)4,30-12-8-6-9-13-30)31-14-10-7-11-15-31)41-23-27-20-32(26-16-18-29(36)19-17-26)38-33(34(27)39-41)28-21-37-40(5)22-28/h6-23,25H,24H2,1-5H3/t25-/m0/s1. The summed E-state index contributed by atoms with van der Waals surface area (Å²) >= 11 is 6.18. The molecule has 6 aromatic rings. The fourth-order valence-corrected chi connectivity index (χ4v) is 10.6. The quantitative estimate of drug-likeness (QED) is 0.171. The molecule has 0 saturated heterocycles. The molecule has 0 saturated carbocycles. The van der Waals surface area contributed by atoms with Crippen molar-refractivity contribution in [1.82, 2.24) is 24.5 Å². The second kappa shape index (κ2) is 11.6. The predicted molar refractivity (Wildman–Crippen MR) is 178 cm³/mol. The van der Waals surface area contributed by atoms with Gasteiger partial charge in [-0.15, -0.1) is 0 Å². The first kappa shape index (κ1) is 29.0. The van der Waals surface area contributed by atoms with Crippen LogP contribution in [0.25, 0.3) is 33.4 Å². The second-order valence-corrected chi connectivity index (χ2v) is 16.9. The summed E-state index contributed by atoms with van der Waals surface area (Å²) in [6.07, 6.45) is 5.92. The fourth-order valence-electron chi connectivity index (χ4n) is 5.87. The summed E-state index contributed by atoms with van der Waals surface area (Å²) in [5.74, 6) is 0. The highest BCUT2D eigenvalue weighted by Crippen LogP contribution is 2.37. The molecule has 0 spiro atoms. The van der Waals surface area contributed by atoms with Crippen LogP contribution in [0.3, 0.4) is 0 Å². The molecule has 43 heavy (non-hydrogen) atoms. The zero-order valence-electron chi connectivity index (χ0n) is 25.2. The van der Waals surface area contributed by atoms with Gasteiger partial charge in [0.1, 0.15) is 11.2 Å². The summed E-state index contributed by atoms with van der Waals surface area (Å²) in [7, 11) is -0.768. The topological polar surface area (TPSA) is 57.8 Å². The first-order chi connectivity index (χ1) is 20.7. The number of pyridine rings is 1. The molecule has 6 rings (SSSR count). The fraction of sp³-hybridized carbons (Fsp3) is 0.229. The van der Waals surface area contributed by atoms with Gasteiger partial charge in [-0.25, -0.2) is 4.98 Å². The highest BCUT2D eigenvalue weighted by molar-refractivity contribution is 6.99. The van der Waals surface area contributed by atoms with Gasteiger partial charge in [0.05, 0.1) is 24.5 Å². The lowest BCUT2D eigenvalue weighted by Crippen LogP contribution is -2.66. The molecule has 3 aromatic carbocycles. The average Bonchev–Trinajstić information content (AvgIpc) is 3.64. The Morgan fingerprint density at radius 1 is 0.860 bits per heavy atom. The second-order valence-electron chi connectivity index (χ2n) is 12.1. The SMILES string of the molecule is C[C@@H](CO[Si](c1ccccc1)(c1ccccc1)C(C)(C)C)n1cc2cc(-c3ccc(Cl)cc3)nc(-c3cnn(C)c3)c2n1. The highest BCUT2D eigenvalue weighted by atomic mass is 35.5. The Bertz CT molecular complexity index is 1800. The predicted octanol–water partition coefficient (Wildman–Crippen LogP) is 7.29. The molecule has 0 radical (unpaired) electrons. The molecule has 0 aliphatic rings. The van der Waals surface area contributed by atoms with Crippen LogP contribution in [0.1, 0.15) is 33.7 Å². The van der Waals surface area contributed by atoms with E-state index in [1.54, 1.807) is 4.68 Å². The number of aryl methyl sites for hydroxylation is 1. The van der Waals surface area contributed by atoms with Gasteiger partial charge in [-0.1, -0.05) is 105 Å². The van der Waals surface area contributed by atoms with Crippen LogP contribution < -0.4 is 10.4 Å². The first-order valence-electron chi connectivity index (χ1n) is 14.6. The summed E-state index contributed by atoms with van der Waals surface area (Å²) < 4.78 is 11.0. The van der Waals surface area contributed by atoms with Gasteiger partial charge in [0.2, 0.25) is 0 Å². The number of hydrogen-bond donors (Lipinski definition) is 0. The number of benzene rings is 3. The Morgan fingerprint density at radius 2 is 1.49 bits per heavy atom. The maximum atomic E-state index is 7.24. The molecule has 8 heteroatoms. The molecule has 0 bridgehead atoms. The Balaban J connectivity index is 1.40. The summed E-state index contributed by atoms with van der Waals surface area (Å²) in [5, 5.41) is 13.6. The molecule has 3 heterocycles. The van der Waals surface area contributed by atoms with Crippen LogP contribution in [0.2, 0.25) is 10.1 Å². The van der Waals surface area contributed by atoms with Crippen LogP contribution in [0, 0.1) is 0 Å². The van der Waals surface area contributed by atoms with Crippen molar-refractivity contribution in [1.29, 1.82) is 0 Å². The minimum absolute atomic E-state index is 0.0187. The van der Waals surface area contributed by atoms with E-state index in [-0.39, 0.29) is 11.1 Å². The number of nitrogens with zero attached hydrogens (tertiary/aromatic N) is 5. The summed E-state index contributed by atoms with van der Waals surface area (Å²) in [6.45, 7) is 9.59. The number of halogens is 1. The molecule has 0 aliphatic carbocycles. The molecule has 0 amide bonds. The van der Waals surface area contributed by atoms with E-state index in [1.165, 1.54) is 10.4 Å². The first-order valence-corrected chi connectivity index (χ1v) is 16.8. The molecular formula is C35H36ClN5OSi. The normalized spacial score (nSPS) is 13.0. The highest BCUT2D eigenvalue weighted by Gasteiger charge is 2.50. The summed E-state index contributed by atoms with van der Waals surface area (Å²) in [5.41, 5.74) is 4.41. The van der Waals surface area contributed by atoms with E-state index in [1.807, 2.05) is 48.4 Å². The van der Waals surface area contributed by atoms with Gasteiger partial charge in [0, 0.05) is 41.0 Å². The molecule has 0 fully saturated rings. The van der Waals surface area contributed by atoms with Gasteiger partial charge in [-0.2, -0.15) is 10.2 Å². The molecular weight excluding hydrogens is 570 g/mol. The average molecular weight is 606 g/mol. The van der Waals surface area contributed by atoms with Crippen LogP contribution in [0.15, 0.2) is 110 Å². The van der Waals surface area contributed by atoms with Gasteiger partial charge in [-0.05, 0) is 40.5 Å². The molecule has 0 unspecified atom stereocenters. The van der Waals surface area contributed by atoms with Crippen molar-refractivity contribution in [3.05, 3.63) is 115 Å².